The number of carbonyl (C=O) groups is 1. The van der Waals surface area contributed by atoms with E-state index < -0.39 is 0 Å². The van der Waals surface area contributed by atoms with Crippen molar-refractivity contribution in [3.63, 3.8) is 0 Å². The molecule has 0 saturated heterocycles. The van der Waals surface area contributed by atoms with E-state index in [2.05, 4.69) is 20.8 Å². The molecule has 3 aromatic rings. The van der Waals surface area contributed by atoms with Crippen molar-refractivity contribution in [2.45, 2.75) is 20.4 Å². The van der Waals surface area contributed by atoms with Crippen LogP contribution < -0.4 is 15.4 Å². The Kier molecular flexibility index (Phi) is 5.48. The molecule has 26 heavy (non-hydrogen) atoms. The maximum absolute atomic E-state index is 12.3. The molecule has 7 heteroatoms. The summed E-state index contributed by atoms with van der Waals surface area (Å²) in [6.45, 7) is 4.73. The van der Waals surface area contributed by atoms with Crippen molar-refractivity contribution in [3.05, 3.63) is 65.8 Å². The Balaban J connectivity index is 1.56. The predicted molar refractivity (Wildman–Crippen MR) is 98.4 cm³/mol. The molecular formula is C19H20N4O3. The fraction of sp³-hybridized carbons (Fsp3) is 0.211. The fourth-order valence-corrected chi connectivity index (χ4v) is 2.33. The van der Waals surface area contributed by atoms with E-state index in [1.165, 1.54) is 0 Å². The molecule has 1 heterocycles. The maximum atomic E-state index is 12.3. The number of hydrogen-bond donors (Lipinski definition) is 2. The molecular weight excluding hydrogens is 332 g/mol. The number of ether oxygens (including phenoxy) is 1. The molecule has 134 valence electrons. The summed E-state index contributed by atoms with van der Waals surface area (Å²) in [7, 11) is 0. The number of aryl methyl sites for hydroxylation is 1. The highest BCUT2D eigenvalue weighted by molar-refractivity contribution is 6.04. The molecule has 3 rings (SSSR count). The first-order valence-corrected chi connectivity index (χ1v) is 8.31. The van der Waals surface area contributed by atoms with Crippen LogP contribution in [0.1, 0.15) is 29.0 Å². The maximum Gasteiger partial charge on any atom is 0.255 e. The van der Waals surface area contributed by atoms with Gasteiger partial charge in [0.05, 0.1) is 13.2 Å². The Morgan fingerprint density at radius 3 is 2.38 bits per heavy atom. The van der Waals surface area contributed by atoms with Gasteiger partial charge in [0, 0.05) is 16.9 Å². The highest BCUT2D eigenvalue weighted by Gasteiger charge is 2.07. The van der Waals surface area contributed by atoms with Crippen molar-refractivity contribution in [2.24, 2.45) is 0 Å². The van der Waals surface area contributed by atoms with E-state index in [1.807, 2.05) is 43.3 Å². The van der Waals surface area contributed by atoms with Crippen LogP contribution in [0.3, 0.4) is 0 Å². The molecule has 0 unspecified atom stereocenters. The number of amides is 1. The van der Waals surface area contributed by atoms with Crippen molar-refractivity contribution in [1.29, 1.82) is 0 Å². The Labute approximate surface area is 151 Å². The van der Waals surface area contributed by atoms with Gasteiger partial charge in [-0.25, -0.2) is 0 Å². The average molecular weight is 352 g/mol. The summed E-state index contributed by atoms with van der Waals surface area (Å²) in [5, 5.41) is 9.76. The molecule has 1 aromatic heterocycles. The fourth-order valence-electron chi connectivity index (χ4n) is 2.33. The van der Waals surface area contributed by atoms with Crippen LogP contribution >= 0.6 is 0 Å². The minimum Gasteiger partial charge on any atom is -0.494 e. The molecule has 0 saturated carbocycles. The van der Waals surface area contributed by atoms with Gasteiger partial charge in [-0.05, 0) is 62.4 Å². The molecule has 0 spiro atoms. The van der Waals surface area contributed by atoms with E-state index in [1.54, 1.807) is 19.1 Å². The minimum atomic E-state index is -0.173. The SMILES string of the molecule is CCOc1ccc(NC(=O)c2ccc(NCc3nc(C)no3)cc2)cc1. The first-order valence-electron chi connectivity index (χ1n) is 8.31. The molecule has 0 radical (unpaired) electrons. The molecule has 0 atom stereocenters. The van der Waals surface area contributed by atoms with Crippen LogP contribution in [0.25, 0.3) is 0 Å². The van der Waals surface area contributed by atoms with Gasteiger partial charge in [-0.3, -0.25) is 4.79 Å². The second-order valence-corrected chi connectivity index (χ2v) is 5.58. The molecule has 1 amide bonds. The minimum absolute atomic E-state index is 0.173. The Morgan fingerprint density at radius 1 is 1.08 bits per heavy atom. The topological polar surface area (TPSA) is 89.3 Å². The molecule has 0 bridgehead atoms. The molecule has 0 aliphatic heterocycles. The quantitative estimate of drug-likeness (QED) is 0.675. The van der Waals surface area contributed by atoms with Gasteiger partial charge >= 0.3 is 0 Å². The lowest BCUT2D eigenvalue weighted by Crippen LogP contribution is -2.11. The summed E-state index contributed by atoms with van der Waals surface area (Å²) in [6, 6.07) is 14.4. The zero-order valence-corrected chi connectivity index (χ0v) is 14.7. The number of hydrogen-bond acceptors (Lipinski definition) is 6. The van der Waals surface area contributed by atoms with Crippen LogP contribution in [0.5, 0.6) is 5.75 Å². The Hall–Kier alpha value is -3.35. The molecule has 0 aliphatic rings. The van der Waals surface area contributed by atoms with Crippen LogP contribution in [0.4, 0.5) is 11.4 Å². The smallest absolute Gasteiger partial charge is 0.255 e. The van der Waals surface area contributed by atoms with E-state index in [4.69, 9.17) is 9.26 Å². The van der Waals surface area contributed by atoms with Gasteiger partial charge < -0.3 is 19.9 Å². The number of aromatic nitrogens is 2. The average Bonchev–Trinajstić information content (AvgIpc) is 3.07. The highest BCUT2D eigenvalue weighted by Crippen LogP contribution is 2.17. The van der Waals surface area contributed by atoms with E-state index in [0.717, 1.165) is 11.4 Å². The van der Waals surface area contributed by atoms with Gasteiger partial charge in [0.2, 0.25) is 5.89 Å². The predicted octanol–water partition coefficient (Wildman–Crippen LogP) is 3.64. The number of nitrogens with one attached hydrogen (secondary N) is 2. The van der Waals surface area contributed by atoms with Gasteiger partial charge in [0.15, 0.2) is 5.82 Å². The van der Waals surface area contributed by atoms with E-state index in [-0.39, 0.29) is 5.91 Å². The third-order valence-electron chi connectivity index (χ3n) is 3.58. The summed E-state index contributed by atoms with van der Waals surface area (Å²) in [6.07, 6.45) is 0. The van der Waals surface area contributed by atoms with Gasteiger partial charge in [0.25, 0.3) is 5.91 Å². The zero-order valence-electron chi connectivity index (χ0n) is 14.7. The third-order valence-corrected chi connectivity index (χ3v) is 3.58. The van der Waals surface area contributed by atoms with E-state index in [0.29, 0.717) is 36.1 Å². The molecule has 7 nitrogen and oxygen atoms in total. The number of nitrogens with zero attached hydrogens (tertiary/aromatic N) is 2. The van der Waals surface area contributed by atoms with E-state index >= 15 is 0 Å². The van der Waals surface area contributed by atoms with Crippen LogP contribution in [0.2, 0.25) is 0 Å². The first kappa shape index (κ1) is 17.5. The second kappa shape index (κ2) is 8.15. The van der Waals surface area contributed by atoms with Gasteiger partial charge in [-0.15, -0.1) is 0 Å². The van der Waals surface area contributed by atoms with Crippen LogP contribution in [0, 0.1) is 6.92 Å². The number of benzene rings is 2. The Morgan fingerprint density at radius 2 is 1.77 bits per heavy atom. The summed E-state index contributed by atoms with van der Waals surface area (Å²) >= 11 is 0. The Bertz CT molecular complexity index is 857. The lowest BCUT2D eigenvalue weighted by molar-refractivity contribution is 0.102. The molecule has 0 fully saturated rings. The number of carbonyl (C=O) groups excluding carboxylic acids is 1. The zero-order chi connectivity index (χ0) is 18.4. The lowest BCUT2D eigenvalue weighted by Gasteiger charge is -2.08. The summed E-state index contributed by atoms with van der Waals surface area (Å²) in [5.41, 5.74) is 2.14. The van der Waals surface area contributed by atoms with Gasteiger partial charge in [0.1, 0.15) is 5.75 Å². The van der Waals surface area contributed by atoms with Crippen LogP contribution in [0.15, 0.2) is 53.1 Å². The van der Waals surface area contributed by atoms with Crippen molar-refractivity contribution in [1.82, 2.24) is 10.1 Å². The van der Waals surface area contributed by atoms with Gasteiger partial charge in [-0.1, -0.05) is 5.16 Å². The molecule has 0 aliphatic carbocycles. The molecule has 2 aromatic carbocycles. The van der Waals surface area contributed by atoms with Crippen molar-refractivity contribution >= 4 is 17.3 Å². The van der Waals surface area contributed by atoms with Crippen molar-refractivity contribution < 1.29 is 14.1 Å². The van der Waals surface area contributed by atoms with Crippen molar-refractivity contribution in [2.75, 3.05) is 17.2 Å². The number of anilines is 2. The lowest BCUT2D eigenvalue weighted by atomic mass is 10.2. The van der Waals surface area contributed by atoms with Gasteiger partial charge in [-0.2, -0.15) is 4.98 Å². The third kappa shape index (κ3) is 4.60. The van der Waals surface area contributed by atoms with Crippen molar-refractivity contribution in [3.8, 4) is 5.75 Å². The number of rotatable bonds is 7. The summed E-state index contributed by atoms with van der Waals surface area (Å²) < 4.78 is 10.4. The second-order valence-electron chi connectivity index (χ2n) is 5.58. The normalized spacial score (nSPS) is 10.4. The van der Waals surface area contributed by atoms with Crippen LogP contribution in [-0.2, 0) is 6.54 Å². The summed E-state index contributed by atoms with van der Waals surface area (Å²) in [5.74, 6) is 1.72. The highest BCUT2D eigenvalue weighted by atomic mass is 16.5. The largest absolute Gasteiger partial charge is 0.494 e. The molecule has 2 N–H and O–H groups in total. The first-order chi connectivity index (χ1) is 12.6. The standard InChI is InChI=1S/C19H20N4O3/c1-3-25-17-10-8-16(9-11-17)22-19(24)14-4-6-15(7-5-14)20-12-18-21-13(2)23-26-18/h4-11,20H,3,12H2,1-2H3,(H,22,24). The van der Waals surface area contributed by atoms with Crippen LogP contribution in [-0.4, -0.2) is 22.7 Å². The monoisotopic (exact) mass is 352 g/mol. The summed E-state index contributed by atoms with van der Waals surface area (Å²) in [4.78, 5) is 16.4. The van der Waals surface area contributed by atoms with E-state index in [9.17, 15) is 4.79 Å².